The van der Waals surface area contributed by atoms with Gasteiger partial charge in [-0.1, -0.05) is 30.3 Å². The van der Waals surface area contributed by atoms with Gasteiger partial charge in [-0.05, 0) is 35.4 Å². The average Bonchev–Trinajstić information content (AvgIpc) is 3.00. The highest BCUT2D eigenvalue weighted by molar-refractivity contribution is 7.09. The van der Waals surface area contributed by atoms with Crippen LogP contribution in [0.4, 0.5) is 0 Å². The van der Waals surface area contributed by atoms with Crippen LogP contribution in [-0.2, 0) is 24.2 Å². The largest absolute Gasteiger partial charge is 0.354 e. The standard InChI is InChI=1S/C16H18N2OS/c19-16(17-8-7-14-6-3-9-20-14)15-10-12-4-1-2-5-13(12)11-18-15/h1-6,9,15,18H,7-8,10-11H2,(H,17,19)/t15-/m1/s1. The van der Waals surface area contributed by atoms with Crippen molar-refractivity contribution in [3.63, 3.8) is 0 Å². The topological polar surface area (TPSA) is 41.1 Å². The lowest BCUT2D eigenvalue weighted by Crippen LogP contribution is -2.48. The summed E-state index contributed by atoms with van der Waals surface area (Å²) < 4.78 is 0. The Bertz CT molecular complexity index is 580. The Labute approximate surface area is 123 Å². The number of carbonyl (C=O) groups excluding carboxylic acids is 1. The van der Waals surface area contributed by atoms with Crippen molar-refractivity contribution in [1.29, 1.82) is 0 Å². The molecule has 0 unspecified atom stereocenters. The van der Waals surface area contributed by atoms with E-state index in [9.17, 15) is 4.79 Å². The fraction of sp³-hybridized carbons (Fsp3) is 0.312. The maximum Gasteiger partial charge on any atom is 0.237 e. The summed E-state index contributed by atoms with van der Waals surface area (Å²) in [5.74, 6) is 0.107. The maximum atomic E-state index is 12.2. The van der Waals surface area contributed by atoms with E-state index in [4.69, 9.17) is 0 Å². The molecule has 4 heteroatoms. The van der Waals surface area contributed by atoms with Crippen molar-refractivity contribution in [2.24, 2.45) is 0 Å². The molecule has 0 saturated carbocycles. The van der Waals surface area contributed by atoms with Crippen LogP contribution in [0.1, 0.15) is 16.0 Å². The third kappa shape index (κ3) is 3.08. The van der Waals surface area contributed by atoms with E-state index in [-0.39, 0.29) is 11.9 Å². The summed E-state index contributed by atoms with van der Waals surface area (Å²) in [6.07, 6.45) is 1.69. The molecule has 1 aliphatic heterocycles. The minimum absolute atomic E-state index is 0.103. The van der Waals surface area contributed by atoms with Crippen molar-refractivity contribution in [3.05, 3.63) is 57.8 Å². The molecule has 2 N–H and O–H groups in total. The second-order valence-corrected chi connectivity index (χ2v) is 6.06. The van der Waals surface area contributed by atoms with Gasteiger partial charge in [0.2, 0.25) is 5.91 Å². The molecule has 0 saturated heterocycles. The van der Waals surface area contributed by atoms with E-state index in [0.29, 0.717) is 6.54 Å². The van der Waals surface area contributed by atoms with Crippen LogP contribution in [-0.4, -0.2) is 18.5 Å². The van der Waals surface area contributed by atoms with Gasteiger partial charge in [0, 0.05) is 18.0 Å². The van der Waals surface area contributed by atoms with E-state index in [1.54, 1.807) is 11.3 Å². The molecule has 0 radical (unpaired) electrons. The number of thiophene rings is 1. The molecule has 0 aliphatic carbocycles. The minimum atomic E-state index is -0.103. The van der Waals surface area contributed by atoms with Crippen LogP contribution in [0.2, 0.25) is 0 Å². The van der Waals surface area contributed by atoms with Gasteiger partial charge >= 0.3 is 0 Å². The maximum absolute atomic E-state index is 12.2. The van der Waals surface area contributed by atoms with E-state index in [2.05, 4.69) is 34.2 Å². The van der Waals surface area contributed by atoms with E-state index >= 15 is 0 Å². The van der Waals surface area contributed by atoms with Gasteiger partial charge in [0.05, 0.1) is 6.04 Å². The number of rotatable bonds is 4. The number of hydrogen-bond donors (Lipinski definition) is 2. The molecule has 104 valence electrons. The van der Waals surface area contributed by atoms with Crippen molar-refractivity contribution >= 4 is 17.2 Å². The van der Waals surface area contributed by atoms with Crippen molar-refractivity contribution in [2.75, 3.05) is 6.54 Å². The van der Waals surface area contributed by atoms with Crippen LogP contribution in [0.25, 0.3) is 0 Å². The molecule has 0 fully saturated rings. The average molecular weight is 286 g/mol. The van der Waals surface area contributed by atoms with Gasteiger partial charge in [0.15, 0.2) is 0 Å². The Morgan fingerprint density at radius 3 is 2.90 bits per heavy atom. The number of hydrogen-bond acceptors (Lipinski definition) is 3. The molecular weight excluding hydrogens is 268 g/mol. The lowest BCUT2D eigenvalue weighted by molar-refractivity contribution is -0.123. The zero-order valence-corrected chi connectivity index (χ0v) is 12.1. The van der Waals surface area contributed by atoms with Gasteiger partial charge in [-0.25, -0.2) is 0 Å². The first kappa shape index (κ1) is 13.3. The summed E-state index contributed by atoms with van der Waals surface area (Å²) >= 11 is 1.73. The monoisotopic (exact) mass is 286 g/mol. The molecule has 2 heterocycles. The summed E-state index contributed by atoms with van der Waals surface area (Å²) in [5, 5.41) is 8.40. The van der Waals surface area contributed by atoms with E-state index in [1.165, 1.54) is 16.0 Å². The summed E-state index contributed by atoms with van der Waals surface area (Å²) in [4.78, 5) is 13.5. The Kier molecular flexibility index (Phi) is 4.14. The Hall–Kier alpha value is -1.65. The van der Waals surface area contributed by atoms with Crippen LogP contribution in [0.3, 0.4) is 0 Å². The molecule has 3 nitrogen and oxygen atoms in total. The summed E-state index contributed by atoms with van der Waals surface area (Å²) in [7, 11) is 0. The first-order valence-electron chi connectivity index (χ1n) is 6.93. The van der Waals surface area contributed by atoms with Crippen LogP contribution in [0.5, 0.6) is 0 Å². The fourth-order valence-electron chi connectivity index (χ4n) is 2.53. The second-order valence-electron chi connectivity index (χ2n) is 5.03. The van der Waals surface area contributed by atoms with Crippen molar-refractivity contribution in [3.8, 4) is 0 Å². The minimum Gasteiger partial charge on any atom is -0.354 e. The van der Waals surface area contributed by atoms with Gasteiger partial charge in [-0.15, -0.1) is 11.3 Å². The van der Waals surface area contributed by atoms with E-state index < -0.39 is 0 Å². The highest BCUT2D eigenvalue weighted by atomic mass is 32.1. The highest BCUT2D eigenvalue weighted by Crippen LogP contribution is 2.16. The molecule has 20 heavy (non-hydrogen) atoms. The molecule has 1 aromatic heterocycles. The predicted octanol–water partition coefficient (Wildman–Crippen LogP) is 2.12. The Morgan fingerprint density at radius 2 is 2.10 bits per heavy atom. The normalized spacial score (nSPS) is 17.5. The molecule has 0 spiro atoms. The summed E-state index contributed by atoms with van der Waals surface area (Å²) in [6.45, 7) is 1.48. The quantitative estimate of drug-likeness (QED) is 0.904. The number of carbonyl (C=O) groups is 1. The van der Waals surface area contributed by atoms with E-state index in [0.717, 1.165) is 19.4 Å². The SMILES string of the molecule is O=C(NCCc1cccs1)[C@H]1Cc2ccccc2CN1. The zero-order valence-electron chi connectivity index (χ0n) is 11.3. The molecule has 1 aliphatic rings. The Balaban J connectivity index is 1.51. The van der Waals surface area contributed by atoms with Crippen LogP contribution >= 0.6 is 11.3 Å². The number of nitrogens with one attached hydrogen (secondary N) is 2. The fourth-order valence-corrected chi connectivity index (χ4v) is 3.24. The molecule has 3 rings (SSSR count). The molecule has 0 bridgehead atoms. The highest BCUT2D eigenvalue weighted by Gasteiger charge is 2.23. The second kappa shape index (κ2) is 6.20. The van der Waals surface area contributed by atoms with Gasteiger partial charge in [0.25, 0.3) is 0 Å². The van der Waals surface area contributed by atoms with Crippen molar-refractivity contribution < 1.29 is 4.79 Å². The zero-order chi connectivity index (χ0) is 13.8. The van der Waals surface area contributed by atoms with Gasteiger partial charge in [-0.3, -0.25) is 4.79 Å². The smallest absolute Gasteiger partial charge is 0.237 e. The van der Waals surface area contributed by atoms with Gasteiger partial charge in [0.1, 0.15) is 0 Å². The lowest BCUT2D eigenvalue weighted by atomic mass is 9.95. The number of benzene rings is 1. The summed E-state index contributed by atoms with van der Waals surface area (Å²) in [5.41, 5.74) is 2.58. The summed E-state index contributed by atoms with van der Waals surface area (Å²) in [6, 6.07) is 12.4. The van der Waals surface area contributed by atoms with Crippen LogP contribution in [0, 0.1) is 0 Å². The van der Waals surface area contributed by atoms with Crippen LogP contribution in [0.15, 0.2) is 41.8 Å². The van der Waals surface area contributed by atoms with Crippen molar-refractivity contribution in [1.82, 2.24) is 10.6 Å². The number of fused-ring (bicyclic) bond motifs is 1. The van der Waals surface area contributed by atoms with Crippen LogP contribution < -0.4 is 10.6 Å². The number of amides is 1. The molecule has 2 aromatic rings. The van der Waals surface area contributed by atoms with E-state index in [1.807, 2.05) is 18.2 Å². The third-order valence-corrected chi connectivity index (χ3v) is 4.58. The van der Waals surface area contributed by atoms with Gasteiger partial charge < -0.3 is 10.6 Å². The third-order valence-electron chi connectivity index (χ3n) is 3.65. The first-order chi connectivity index (χ1) is 9.83. The molecule has 1 aromatic carbocycles. The molecule has 1 atom stereocenters. The first-order valence-corrected chi connectivity index (χ1v) is 7.81. The lowest BCUT2D eigenvalue weighted by Gasteiger charge is -2.25. The predicted molar refractivity (Wildman–Crippen MR) is 81.8 cm³/mol. The van der Waals surface area contributed by atoms with Crippen molar-refractivity contribution in [2.45, 2.75) is 25.4 Å². The molecule has 1 amide bonds. The van der Waals surface area contributed by atoms with Gasteiger partial charge in [-0.2, -0.15) is 0 Å². The molecular formula is C16H18N2OS. The Morgan fingerprint density at radius 1 is 1.25 bits per heavy atom.